The van der Waals surface area contributed by atoms with Crippen LogP contribution in [0.1, 0.15) is 44.9 Å². The molecule has 0 saturated carbocycles. The van der Waals surface area contributed by atoms with Crippen molar-refractivity contribution in [3.05, 3.63) is 60.1 Å². The summed E-state index contributed by atoms with van der Waals surface area (Å²) in [5.74, 6) is 0.372. The Kier molecular flexibility index (Phi) is 5.26. The lowest BCUT2D eigenvalue weighted by Crippen LogP contribution is -2.48. The van der Waals surface area contributed by atoms with E-state index in [0.29, 0.717) is 18.6 Å². The van der Waals surface area contributed by atoms with E-state index in [1.54, 1.807) is 19.1 Å². The summed E-state index contributed by atoms with van der Waals surface area (Å²) < 4.78 is 5.25. The molecule has 0 radical (unpaired) electrons. The molecule has 0 bridgehead atoms. The number of carbonyl (C=O) groups is 1. The van der Waals surface area contributed by atoms with Gasteiger partial charge in [0.05, 0.1) is 18.2 Å². The van der Waals surface area contributed by atoms with Crippen LogP contribution in [-0.4, -0.2) is 17.6 Å². The van der Waals surface area contributed by atoms with E-state index in [-0.39, 0.29) is 12.5 Å². The molecule has 1 aromatic heterocycles. The molecular formula is C19H25NO3. The maximum absolute atomic E-state index is 12.9. The molecule has 0 fully saturated rings. The van der Waals surface area contributed by atoms with Gasteiger partial charge in [-0.3, -0.25) is 4.79 Å². The number of furan rings is 1. The van der Waals surface area contributed by atoms with Crippen LogP contribution in [0.5, 0.6) is 0 Å². The van der Waals surface area contributed by atoms with Crippen LogP contribution in [0.25, 0.3) is 0 Å². The molecule has 2 rings (SSSR count). The fourth-order valence-electron chi connectivity index (χ4n) is 2.96. The minimum absolute atomic E-state index is 0.0690. The Morgan fingerprint density at radius 3 is 2.30 bits per heavy atom. The molecule has 124 valence electrons. The van der Waals surface area contributed by atoms with Gasteiger partial charge >= 0.3 is 0 Å². The standard InChI is InChI=1S/C19H25NO3/c1-4-19(5-2,15-10-7-6-8-11-15)17(21)20-14-18(3,22)16-12-9-13-23-16/h6-13,22H,4-5,14H2,1-3H3,(H,20,21). The molecule has 0 aliphatic rings. The predicted octanol–water partition coefficient (Wildman–Crippen LogP) is 3.36. The molecule has 1 unspecified atom stereocenters. The van der Waals surface area contributed by atoms with E-state index in [2.05, 4.69) is 5.32 Å². The molecule has 0 aliphatic carbocycles. The van der Waals surface area contributed by atoms with Gasteiger partial charge in [-0.05, 0) is 37.5 Å². The number of benzene rings is 1. The molecule has 0 saturated heterocycles. The van der Waals surface area contributed by atoms with Gasteiger partial charge in [-0.25, -0.2) is 0 Å². The zero-order valence-corrected chi connectivity index (χ0v) is 14.0. The SMILES string of the molecule is CCC(CC)(C(=O)NCC(C)(O)c1ccco1)c1ccccc1. The van der Waals surface area contributed by atoms with Crippen molar-refractivity contribution in [2.45, 2.75) is 44.6 Å². The molecule has 1 heterocycles. The molecule has 1 atom stereocenters. The lowest BCUT2D eigenvalue weighted by molar-refractivity contribution is -0.128. The normalized spacial score (nSPS) is 14.3. The molecule has 2 N–H and O–H groups in total. The van der Waals surface area contributed by atoms with Crippen LogP contribution in [0, 0.1) is 0 Å². The Bertz CT molecular complexity index is 613. The van der Waals surface area contributed by atoms with Gasteiger partial charge in [0.2, 0.25) is 5.91 Å². The van der Waals surface area contributed by atoms with Gasteiger partial charge in [0.1, 0.15) is 11.4 Å². The van der Waals surface area contributed by atoms with Crippen molar-refractivity contribution in [3.63, 3.8) is 0 Å². The number of hydrogen-bond donors (Lipinski definition) is 2. The number of hydrogen-bond acceptors (Lipinski definition) is 3. The number of amides is 1. The van der Waals surface area contributed by atoms with E-state index < -0.39 is 11.0 Å². The van der Waals surface area contributed by atoms with E-state index in [0.717, 1.165) is 5.56 Å². The van der Waals surface area contributed by atoms with Crippen LogP contribution in [-0.2, 0) is 15.8 Å². The Balaban J connectivity index is 2.17. The topological polar surface area (TPSA) is 62.5 Å². The average molecular weight is 315 g/mol. The largest absolute Gasteiger partial charge is 0.466 e. The van der Waals surface area contributed by atoms with E-state index in [1.807, 2.05) is 44.2 Å². The van der Waals surface area contributed by atoms with Gasteiger partial charge in [-0.2, -0.15) is 0 Å². The molecule has 23 heavy (non-hydrogen) atoms. The minimum atomic E-state index is -1.23. The minimum Gasteiger partial charge on any atom is -0.466 e. The van der Waals surface area contributed by atoms with Crippen molar-refractivity contribution in [1.82, 2.24) is 5.32 Å². The van der Waals surface area contributed by atoms with Gasteiger partial charge < -0.3 is 14.8 Å². The molecule has 2 aromatic rings. The summed E-state index contributed by atoms with van der Waals surface area (Å²) in [6, 6.07) is 13.2. The van der Waals surface area contributed by atoms with Crippen LogP contribution < -0.4 is 5.32 Å². The van der Waals surface area contributed by atoms with E-state index >= 15 is 0 Å². The van der Waals surface area contributed by atoms with Gasteiger partial charge in [0.25, 0.3) is 0 Å². The molecule has 4 heteroatoms. The van der Waals surface area contributed by atoms with Crippen molar-refractivity contribution >= 4 is 5.91 Å². The maximum Gasteiger partial charge on any atom is 0.230 e. The zero-order valence-electron chi connectivity index (χ0n) is 14.0. The summed E-state index contributed by atoms with van der Waals surface area (Å²) in [5.41, 5.74) is -0.816. The van der Waals surface area contributed by atoms with Crippen molar-refractivity contribution in [3.8, 4) is 0 Å². The summed E-state index contributed by atoms with van der Waals surface area (Å²) >= 11 is 0. The highest BCUT2D eigenvalue weighted by Crippen LogP contribution is 2.32. The Morgan fingerprint density at radius 1 is 1.13 bits per heavy atom. The Morgan fingerprint density at radius 2 is 1.78 bits per heavy atom. The number of rotatable bonds is 7. The third-order valence-corrected chi connectivity index (χ3v) is 4.61. The highest BCUT2D eigenvalue weighted by Gasteiger charge is 2.38. The summed E-state index contributed by atoms with van der Waals surface area (Å²) in [6.45, 7) is 5.77. The van der Waals surface area contributed by atoms with Crippen LogP contribution in [0.2, 0.25) is 0 Å². The third kappa shape index (κ3) is 3.48. The van der Waals surface area contributed by atoms with Crippen molar-refractivity contribution in [2.24, 2.45) is 0 Å². The fourth-order valence-corrected chi connectivity index (χ4v) is 2.96. The lowest BCUT2D eigenvalue weighted by Gasteiger charge is -2.32. The summed E-state index contributed by atoms with van der Waals surface area (Å²) in [5, 5.41) is 13.4. The smallest absolute Gasteiger partial charge is 0.230 e. The monoisotopic (exact) mass is 315 g/mol. The van der Waals surface area contributed by atoms with Crippen molar-refractivity contribution in [1.29, 1.82) is 0 Å². The molecule has 0 spiro atoms. The average Bonchev–Trinajstić information content (AvgIpc) is 3.11. The number of nitrogens with one attached hydrogen (secondary N) is 1. The second-order valence-corrected chi connectivity index (χ2v) is 6.09. The van der Waals surface area contributed by atoms with Crippen LogP contribution in [0.4, 0.5) is 0 Å². The first kappa shape index (κ1) is 17.3. The van der Waals surface area contributed by atoms with Crippen molar-refractivity contribution < 1.29 is 14.3 Å². The highest BCUT2D eigenvalue weighted by atomic mass is 16.4. The first-order valence-electron chi connectivity index (χ1n) is 8.06. The van der Waals surface area contributed by atoms with Gasteiger partial charge in [0, 0.05) is 0 Å². The highest BCUT2D eigenvalue weighted by molar-refractivity contribution is 5.88. The Hall–Kier alpha value is -2.07. The molecule has 1 amide bonds. The molecular weight excluding hydrogens is 290 g/mol. The molecule has 0 aliphatic heterocycles. The van der Waals surface area contributed by atoms with Crippen LogP contribution >= 0.6 is 0 Å². The summed E-state index contributed by atoms with van der Waals surface area (Å²) in [4.78, 5) is 12.9. The predicted molar refractivity (Wildman–Crippen MR) is 90.0 cm³/mol. The lowest BCUT2D eigenvalue weighted by atomic mass is 9.75. The van der Waals surface area contributed by atoms with Crippen molar-refractivity contribution in [2.75, 3.05) is 6.54 Å². The number of carbonyl (C=O) groups excluding carboxylic acids is 1. The summed E-state index contributed by atoms with van der Waals surface area (Å²) in [6.07, 6.45) is 2.91. The summed E-state index contributed by atoms with van der Waals surface area (Å²) in [7, 11) is 0. The van der Waals surface area contributed by atoms with E-state index in [1.165, 1.54) is 6.26 Å². The second kappa shape index (κ2) is 7.01. The first-order chi connectivity index (χ1) is 11.0. The molecule has 4 nitrogen and oxygen atoms in total. The van der Waals surface area contributed by atoms with Gasteiger partial charge in [-0.1, -0.05) is 44.2 Å². The van der Waals surface area contributed by atoms with Gasteiger partial charge in [0.15, 0.2) is 0 Å². The van der Waals surface area contributed by atoms with Crippen LogP contribution in [0.3, 0.4) is 0 Å². The fraction of sp³-hybridized carbons (Fsp3) is 0.421. The van der Waals surface area contributed by atoms with E-state index in [9.17, 15) is 9.90 Å². The maximum atomic E-state index is 12.9. The Labute approximate surface area is 137 Å². The zero-order chi connectivity index (χ0) is 16.9. The first-order valence-corrected chi connectivity index (χ1v) is 8.06. The molecule has 1 aromatic carbocycles. The second-order valence-electron chi connectivity index (χ2n) is 6.09. The van der Waals surface area contributed by atoms with Crippen LogP contribution in [0.15, 0.2) is 53.1 Å². The number of aliphatic hydroxyl groups is 1. The quantitative estimate of drug-likeness (QED) is 0.823. The van der Waals surface area contributed by atoms with Gasteiger partial charge in [-0.15, -0.1) is 0 Å². The third-order valence-electron chi connectivity index (χ3n) is 4.61. The van der Waals surface area contributed by atoms with E-state index in [4.69, 9.17) is 4.42 Å².